The molecule has 2 aromatic rings. The summed E-state index contributed by atoms with van der Waals surface area (Å²) in [6.07, 6.45) is 1.52. The fourth-order valence-corrected chi connectivity index (χ4v) is 4.57. The number of hydrogen-bond donors (Lipinski definition) is 1. The number of nitrogens with one attached hydrogen (secondary N) is 1. The summed E-state index contributed by atoms with van der Waals surface area (Å²) in [4.78, 5) is 43.0. The third-order valence-electron chi connectivity index (χ3n) is 6.58. The predicted octanol–water partition coefficient (Wildman–Crippen LogP) is 2.18. The van der Waals surface area contributed by atoms with Gasteiger partial charge in [0.15, 0.2) is 0 Å². The first-order chi connectivity index (χ1) is 16.5. The predicted molar refractivity (Wildman–Crippen MR) is 129 cm³/mol. The quantitative estimate of drug-likeness (QED) is 0.679. The molecule has 2 aromatic carbocycles. The second kappa shape index (κ2) is 10.7. The van der Waals surface area contributed by atoms with E-state index in [-0.39, 0.29) is 23.8 Å². The van der Waals surface area contributed by atoms with Crippen molar-refractivity contribution in [1.29, 1.82) is 0 Å². The maximum atomic E-state index is 13.3. The van der Waals surface area contributed by atoms with E-state index in [0.29, 0.717) is 49.5 Å². The van der Waals surface area contributed by atoms with Crippen LogP contribution in [0.1, 0.15) is 45.2 Å². The molecule has 0 spiro atoms. The molecule has 8 nitrogen and oxygen atoms in total. The van der Waals surface area contributed by atoms with E-state index in [1.165, 1.54) is 0 Å². The van der Waals surface area contributed by atoms with E-state index in [1.54, 1.807) is 25.2 Å². The van der Waals surface area contributed by atoms with Gasteiger partial charge in [-0.25, -0.2) is 0 Å². The molecule has 1 N–H and O–H groups in total. The molecule has 2 aliphatic heterocycles. The molecule has 1 atom stereocenters. The van der Waals surface area contributed by atoms with Crippen LogP contribution in [0.3, 0.4) is 0 Å². The lowest BCUT2D eigenvalue weighted by Gasteiger charge is -2.40. The first kappa shape index (κ1) is 23.8. The molecule has 4 rings (SSSR count). The summed E-state index contributed by atoms with van der Waals surface area (Å²) in [7, 11) is 3.66. The van der Waals surface area contributed by atoms with Gasteiger partial charge in [-0.2, -0.15) is 0 Å². The fourth-order valence-electron chi connectivity index (χ4n) is 4.57. The lowest BCUT2D eigenvalue weighted by atomic mass is 9.99. The van der Waals surface area contributed by atoms with Crippen molar-refractivity contribution in [2.24, 2.45) is 0 Å². The van der Waals surface area contributed by atoms with Gasteiger partial charge in [-0.3, -0.25) is 19.3 Å². The Bertz CT molecular complexity index is 1060. The SMILES string of the molecule is CNC(=O)c1cccc([C@H]2CN(C(=O)c3cccc(OCCN4CCCC4=O)c3)CCN2C)c1. The van der Waals surface area contributed by atoms with E-state index in [0.717, 1.165) is 25.1 Å². The molecular weight excluding hydrogens is 432 g/mol. The summed E-state index contributed by atoms with van der Waals surface area (Å²) in [5.41, 5.74) is 2.20. The van der Waals surface area contributed by atoms with Crippen LogP contribution in [0.15, 0.2) is 48.5 Å². The van der Waals surface area contributed by atoms with Crippen molar-refractivity contribution < 1.29 is 19.1 Å². The van der Waals surface area contributed by atoms with Crippen LogP contribution >= 0.6 is 0 Å². The highest BCUT2D eigenvalue weighted by atomic mass is 16.5. The summed E-state index contributed by atoms with van der Waals surface area (Å²) in [5.74, 6) is 0.638. The van der Waals surface area contributed by atoms with Crippen LogP contribution in [-0.2, 0) is 4.79 Å². The van der Waals surface area contributed by atoms with Crippen molar-refractivity contribution in [2.75, 3.05) is 53.4 Å². The van der Waals surface area contributed by atoms with E-state index in [9.17, 15) is 14.4 Å². The minimum absolute atomic E-state index is 0.000244. The Morgan fingerprint density at radius 1 is 1.06 bits per heavy atom. The molecule has 0 bridgehead atoms. The first-order valence-corrected chi connectivity index (χ1v) is 11.8. The van der Waals surface area contributed by atoms with Crippen LogP contribution < -0.4 is 10.1 Å². The van der Waals surface area contributed by atoms with Gasteiger partial charge in [0.1, 0.15) is 12.4 Å². The van der Waals surface area contributed by atoms with Gasteiger partial charge in [0.05, 0.1) is 12.6 Å². The minimum Gasteiger partial charge on any atom is -0.492 e. The molecule has 180 valence electrons. The van der Waals surface area contributed by atoms with Gasteiger partial charge in [0.25, 0.3) is 11.8 Å². The van der Waals surface area contributed by atoms with Crippen molar-refractivity contribution in [3.8, 4) is 5.75 Å². The van der Waals surface area contributed by atoms with Crippen molar-refractivity contribution in [3.05, 3.63) is 65.2 Å². The van der Waals surface area contributed by atoms with Crippen LogP contribution in [0.2, 0.25) is 0 Å². The summed E-state index contributed by atoms with van der Waals surface area (Å²) in [6.45, 7) is 3.66. The van der Waals surface area contributed by atoms with E-state index < -0.39 is 0 Å². The fraction of sp³-hybridized carbons (Fsp3) is 0.423. The summed E-state index contributed by atoms with van der Waals surface area (Å²) in [5, 5.41) is 2.66. The van der Waals surface area contributed by atoms with Crippen molar-refractivity contribution in [3.63, 3.8) is 0 Å². The third-order valence-corrected chi connectivity index (χ3v) is 6.58. The van der Waals surface area contributed by atoms with E-state index in [4.69, 9.17) is 4.74 Å². The van der Waals surface area contributed by atoms with E-state index in [1.807, 2.05) is 47.2 Å². The summed E-state index contributed by atoms with van der Waals surface area (Å²) in [6, 6.07) is 14.8. The molecule has 0 unspecified atom stereocenters. The maximum Gasteiger partial charge on any atom is 0.254 e. The Morgan fingerprint density at radius 3 is 2.62 bits per heavy atom. The van der Waals surface area contributed by atoms with Gasteiger partial charge in [0, 0.05) is 50.8 Å². The number of piperazine rings is 1. The molecule has 3 amide bonds. The molecule has 0 aliphatic carbocycles. The Balaban J connectivity index is 1.41. The number of nitrogens with zero attached hydrogens (tertiary/aromatic N) is 3. The second-order valence-corrected chi connectivity index (χ2v) is 8.81. The van der Waals surface area contributed by atoms with Crippen LogP contribution in [0.5, 0.6) is 5.75 Å². The average Bonchev–Trinajstić information content (AvgIpc) is 3.28. The molecule has 0 saturated carbocycles. The molecule has 0 aromatic heterocycles. The summed E-state index contributed by atoms with van der Waals surface area (Å²) >= 11 is 0. The Morgan fingerprint density at radius 2 is 1.85 bits per heavy atom. The van der Waals surface area contributed by atoms with Gasteiger partial charge in [-0.15, -0.1) is 0 Å². The molecule has 0 radical (unpaired) electrons. The number of amides is 3. The van der Waals surface area contributed by atoms with Crippen molar-refractivity contribution in [2.45, 2.75) is 18.9 Å². The second-order valence-electron chi connectivity index (χ2n) is 8.81. The molecular formula is C26H32N4O4. The number of likely N-dealkylation sites (tertiary alicyclic amines) is 1. The highest BCUT2D eigenvalue weighted by molar-refractivity contribution is 5.95. The zero-order valence-electron chi connectivity index (χ0n) is 19.8. The van der Waals surface area contributed by atoms with Gasteiger partial charge in [-0.1, -0.05) is 18.2 Å². The number of ether oxygens (including phenoxy) is 1. The topological polar surface area (TPSA) is 82.2 Å². The van der Waals surface area contributed by atoms with Crippen LogP contribution in [0.25, 0.3) is 0 Å². The standard InChI is InChI=1S/C26H32N4O4/c1-27-25(32)20-7-3-6-19(16-20)23-18-30(13-12-28(23)2)26(33)21-8-4-9-22(17-21)34-15-14-29-11-5-10-24(29)31/h3-4,6-9,16-17,23H,5,10-15,18H2,1-2H3,(H,27,32)/t23-/m1/s1. The van der Waals surface area contributed by atoms with E-state index >= 15 is 0 Å². The molecule has 2 saturated heterocycles. The highest BCUT2D eigenvalue weighted by Crippen LogP contribution is 2.26. The van der Waals surface area contributed by atoms with E-state index in [2.05, 4.69) is 10.2 Å². The minimum atomic E-state index is -0.126. The van der Waals surface area contributed by atoms with Crippen LogP contribution in [0, 0.1) is 0 Å². The first-order valence-electron chi connectivity index (χ1n) is 11.8. The van der Waals surface area contributed by atoms with Gasteiger partial charge < -0.3 is 19.9 Å². The zero-order chi connectivity index (χ0) is 24.1. The van der Waals surface area contributed by atoms with Gasteiger partial charge in [0.2, 0.25) is 5.91 Å². The smallest absolute Gasteiger partial charge is 0.254 e. The zero-order valence-corrected chi connectivity index (χ0v) is 19.8. The van der Waals surface area contributed by atoms with Gasteiger partial charge in [-0.05, 0) is 49.4 Å². The lowest BCUT2D eigenvalue weighted by Crippen LogP contribution is -2.49. The Kier molecular flexibility index (Phi) is 7.47. The molecule has 2 aliphatic rings. The molecule has 34 heavy (non-hydrogen) atoms. The monoisotopic (exact) mass is 464 g/mol. The highest BCUT2D eigenvalue weighted by Gasteiger charge is 2.29. The maximum absolute atomic E-state index is 13.3. The normalized spacial score (nSPS) is 18.8. The molecule has 8 heteroatoms. The largest absolute Gasteiger partial charge is 0.492 e. The number of benzene rings is 2. The number of rotatable bonds is 7. The van der Waals surface area contributed by atoms with Gasteiger partial charge >= 0.3 is 0 Å². The number of hydrogen-bond acceptors (Lipinski definition) is 5. The average molecular weight is 465 g/mol. The Labute approximate surface area is 200 Å². The Hall–Kier alpha value is -3.39. The van der Waals surface area contributed by atoms with Crippen molar-refractivity contribution >= 4 is 17.7 Å². The summed E-state index contributed by atoms with van der Waals surface area (Å²) < 4.78 is 5.84. The van der Waals surface area contributed by atoms with Crippen LogP contribution in [-0.4, -0.2) is 85.8 Å². The molecule has 2 fully saturated rings. The van der Waals surface area contributed by atoms with Crippen molar-refractivity contribution in [1.82, 2.24) is 20.0 Å². The number of carbonyl (C=O) groups is 3. The third kappa shape index (κ3) is 5.39. The number of likely N-dealkylation sites (N-methyl/N-ethyl adjacent to an activating group) is 1. The van der Waals surface area contributed by atoms with Crippen LogP contribution in [0.4, 0.5) is 0 Å². The lowest BCUT2D eigenvalue weighted by molar-refractivity contribution is -0.128. The number of carbonyl (C=O) groups excluding carboxylic acids is 3. The molecule has 2 heterocycles.